The Bertz CT molecular complexity index is 1440. The van der Waals surface area contributed by atoms with Gasteiger partial charge in [-0.3, -0.25) is 14.4 Å². The van der Waals surface area contributed by atoms with Crippen LogP contribution in [0.25, 0.3) is 6.08 Å². The van der Waals surface area contributed by atoms with Crippen molar-refractivity contribution in [1.29, 1.82) is 0 Å². The van der Waals surface area contributed by atoms with E-state index in [4.69, 9.17) is 4.74 Å². The molecule has 0 bridgehead atoms. The summed E-state index contributed by atoms with van der Waals surface area (Å²) in [5, 5.41) is 0. The summed E-state index contributed by atoms with van der Waals surface area (Å²) in [5.41, 5.74) is 1.02. The minimum Gasteiger partial charge on any atom is -0.494 e. The summed E-state index contributed by atoms with van der Waals surface area (Å²) in [6, 6.07) is 17.0. The summed E-state index contributed by atoms with van der Waals surface area (Å²) >= 11 is 0. The molecule has 5 nitrogen and oxygen atoms in total. The van der Waals surface area contributed by atoms with Crippen molar-refractivity contribution in [2.24, 2.45) is 5.41 Å². The largest absolute Gasteiger partial charge is 0.494 e. The van der Waals surface area contributed by atoms with Crippen LogP contribution in [0.15, 0.2) is 72.8 Å². The molecule has 1 aliphatic carbocycles. The van der Waals surface area contributed by atoms with Gasteiger partial charge in [0.25, 0.3) is 0 Å². The normalized spacial score (nSPS) is 23.0. The molecule has 0 radical (unpaired) electrons. The topological polar surface area (TPSA) is 63.7 Å². The van der Waals surface area contributed by atoms with Crippen molar-refractivity contribution in [3.05, 3.63) is 101 Å². The average molecular weight is 482 g/mol. The average Bonchev–Trinajstić information content (AvgIpc) is 3.31. The van der Waals surface area contributed by atoms with Gasteiger partial charge in [-0.1, -0.05) is 54.6 Å². The van der Waals surface area contributed by atoms with E-state index in [-0.39, 0.29) is 17.3 Å². The number of para-hydroxylation sites is 1. The summed E-state index contributed by atoms with van der Waals surface area (Å²) in [6.07, 6.45) is 3.53. The number of carbonyl (C=O) groups is 3. The first kappa shape index (κ1) is 22.4. The molecule has 0 unspecified atom stereocenters. The van der Waals surface area contributed by atoms with Gasteiger partial charge in [-0.05, 0) is 38.1 Å². The first-order chi connectivity index (χ1) is 17.4. The smallest absolute Gasteiger partial charge is 0.180 e. The number of Topliss-reactive ketones (excluding diaryl/α,β-unsaturated/α-hetero) is 3. The lowest BCUT2D eigenvalue weighted by atomic mass is 9.64. The van der Waals surface area contributed by atoms with E-state index in [1.54, 1.807) is 48.6 Å². The van der Waals surface area contributed by atoms with E-state index in [0.717, 1.165) is 0 Å². The van der Waals surface area contributed by atoms with Crippen molar-refractivity contribution >= 4 is 29.1 Å². The Kier molecular flexibility index (Phi) is 4.97. The molecular formula is C30H24FNO4. The van der Waals surface area contributed by atoms with E-state index in [1.807, 2.05) is 30.0 Å². The number of anilines is 1. The number of hydrogen-bond donors (Lipinski definition) is 0. The molecular weight excluding hydrogens is 457 g/mol. The quantitative estimate of drug-likeness (QED) is 0.477. The number of benzene rings is 3. The van der Waals surface area contributed by atoms with Crippen LogP contribution in [0.4, 0.5) is 10.1 Å². The van der Waals surface area contributed by atoms with Gasteiger partial charge in [-0.2, -0.15) is 0 Å². The first-order valence-corrected chi connectivity index (χ1v) is 12.1. The molecule has 3 atom stereocenters. The minimum absolute atomic E-state index is 0.185. The number of hydrogen-bond acceptors (Lipinski definition) is 5. The van der Waals surface area contributed by atoms with Crippen LogP contribution in [0.5, 0.6) is 5.75 Å². The molecule has 3 aromatic rings. The lowest BCUT2D eigenvalue weighted by Crippen LogP contribution is -2.48. The van der Waals surface area contributed by atoms with Crippen molar-refractivity contribution in [3.63, 3.8) is 0 Å². The standard InChI is InChI=1S/C30H24FNO4/c1-3-36-24-11-7-6-10-22(24)26-27(17(2)33)32-23-14-13-19(31)16-18(23)12-15-25(32)30(26)28(34)20-8-4-5-9-21(20)29(30)35/h4-16,25-27H,3H2,1-2H3/t25-,26-,27+/m1/s1. The maximum absolute atomic E-state index is 14.4. The lowest BCUT2D eigenvalue weighted by Gasteiger charge is -2.37. The third-order valence-corrected chi connectivity index (χ3v) is 7.74. The highest BCUT2D eigenvalue weighted by Gasteiger charge is 2.71. The number of rotatable bonds is 4. The van der Waals surface area contributed by atoms with E-state index >= 15 is 0 Å². The number of ketones is 3. The predicted molar refractivity (Wildman–Crippen MR) is 134 cm³/mol. The second-order valence-electron chi connectivity index (χ2n) is 9.49. The Morgan fingerprint density at radius 2 is 1.67 bits per heavy atom. The molecule has 36 heavy (non-hydrogen) atoms. The lowest BCUT2D eigenvalue weighted by molar-refractivity contribution is -0.118. The molecule has 6 heteroatoms. The summed E-state index contributed by atoms with van der Waals surface area (Å²) < 4.78 is 20.1. The van der Waals surface area contributed by atoms with Crippen LogP contribution in [0, 0.1) is 11.2 Å². The highest BCUT2D eigenvalue weighted by Crippen LogP contribution is 2.61. The predicted octanol–water partition coefficient (Wildman–Crippen LogP) is 5.25. The number of carbonyl (C=O) groups excluding carboxylic acids is 3. The van der Waals surface area contributed by atoms with Gasteiger partial charge in [0.1, 0.15) is 17.0 Å². The molecule has 6 rings (SSSR count). The molecule has 1 fully saturated rings. The van der Waals surface area contributed by atoms with E-state index in [2.05, 4.69) is 0 Å². The first-order valence-electron chi connectivity index (χ1n) is 12.1. The van der Waals surface area contributed by atoms with Crippen LogP contribution < -0.4 is 9.64 Å². The van der Waals surface area contributed by atoms with Gasteiger partial charge in [-0.15, -0.1) is 0 Å². The SMILES string of the molecule is CCOc1ccccc1[C@@H]1[C@H](C(C)=O)N2c3ccc(F)cc3C=C[C@@H]2C12C(=O)c1ccccc1C2=O. The maximum atomic E-state index is 14.4. The van der Waals surface area contributed by atoms with Crippen molar-refractivity contribution < 1.29 is 23.5 Å². The van der Waals surface area contributed by atoms with Gasteiger partial charge in [0, 0.05) is 33.9 Å². The van der Waals surface area contributed by atoms with Crippen LogP contribution in [0.2, 0.25) is 0 Å². The fourth-order valence-electron chi connectivity index (χ4n) is 6.47. The highest BCUT2D eigenvalue weighted by molar-refractivity contribution is 6.32. The third kappa shape index (κ3) is 2.78. The van der Waals surface area contributed by atoms with Crippen molar-refractivity contribution in [1.82, 2.24) is 0 Å². The van der Waals surface area contributed by atoms with Gasteiger partial charge in [0.2, 0.25) is 0 Å². The van der Waals surface area contributed by atoms with Gasteiger partial charge in [0.05, 0.1) is 18.7 Å². The summed E-state index contributed by atoms with van der Waals surface area (Å²) in [7, 11) is 0. The van der Waals surface area contributed by atoms with Crippen LogP contribution in [-0.2, 0) is 4.79 Å². The Labute approximate surface area is 208 Å². The molecule has 1 spiro atoms. The van der Waals surface area contributed by atoms with E-state index in [0.29, 0.717) is 40.3 Å². The monoisotopic (exact) mass is 481 g/mol. The second-order valence-corrected chi connectivity index (χ2v) is 9.49. The molecule has 0 N–H and O–H groups in total. The van der Waals surface area contributed by atoms with Gasteiger partial charge >= 0.3 is 0 Å². The number of halogens is 1. The number of fused-ring (bicyclic) bond motifs is 5. The van der Waals surface area contributed by atoms with Gasteiger partial charge < -0.3 is 9.64 Å². The molecule has 2 aliphatic heterocycles. The van der Waals surface area contributed by atoms with Gasteiger partial charge in [0.15, 0.2) is 17.3 Å². The molecule has 0 amide bonds. The van der Waals surface area contributed by atoms with Crippen LogP contribution in [-0.4, -0.2) is 36.0 Å². The number of ether oxygens (including phenoxy) is 1. The summed E-state index contributed by atoms with van der Waals surface area (Å²) in [4.78, 5) is 44.1. The van der Waals surface area contributed by atoms with Crippen molar-refractivity contribution in [2.45, 2.75) is 31.8 Å². The maximum Gasteiger partial charge on any atom is 0.180 e. The fourth-order valence-corrected chi connectivity index (χ4v) is 6.47. The zero-order valence-corrected chi connectivity index (χ0v) is 19.9. The fraction of sp³-hybridized carbons (Fsp3) is 0.233. The van der Waals surface area contributed by atoms with Crippen molar-refractivity contribution in [3.8, 4) is 5.75 Å². The molecule has 1 saturated heterocycles. The van der Waals surface area contributed by atoms with Crippen molar-refractivity contribution in [2.75, 3.05) is 11.5 Å². The Balaban J connectivity index is 1.69. The van der Waals surface area contributed by atoms with Crippen LogP contribution in [0.3, 0.4) is 0 Å². The Hall–Kier alpha value is -4.06. The molecule has 3 aromatic carbocycles. The molecule has 2 heterocycles. The van der Waals surface area contributed by atoms with E-state index in [1.165, 1.54) is 19.1 Å². The van der Waals surface area contributed by atoms with E-state index < -0.39 is 29.2 Å². The highest BCUT2D eigenvalue weighted by atomic mass is 19.1. The van der Waals surface area contributed by atoms with Gasteiger partial charge in [-0.25, -0.2) is 4.39 Å². The Morgan fingerprint density at radius 3 is 2.33 bits per heavy atom. The molecule has 0 aromatic heterocycles. The number of nitrogens with zero attached hydrogens (tertiary/aromatic N) is 1. The molecule has 3 aliphatic rings. The van der Waals surface area contributed by atoms with E-state index in [9.17, 15) is 18.8 Å². The minimum atomic E-state index is -1.57. The summed E-state index contributed by atoms with van der Waals surface area (Å²) in [5.74, 6) is -1.45. The van der Waals surface area contributed by atoms with Crippen LogP contribution >= 0.6 is 0 Å². The summed E-state index contributed by atoms with van der Waals surface area (Å²) in [6.45, 7) is 3.73. The second kappa shape index (κ2) is 7.98. The zero-order chi connectivity index (χ0) is 25.2. The Morgan fingerprint density at radius 1 is 1.00 bits per heavy atom. The zero-order valence-electron chi connectivity index (χ0n) is 19.9. The third-order valence-electron chi connectivity index (χ3n) is 7.74. The molecule has 0 saturated carbocycles. The van der Waals surface area contributed by atoms with Crippen LogP contribution in [0.1, 0.15) is 51.6 Å². The molecule has 180 valence electrons.